The molecule has 2 aromatic carbocycles. The quantitative estimate of drug-likeness (QED) is 0.525. The lowest BCUT2D eigenvalue weighted by molar-refractivity contribution is 0.0376. The number of hydrogen-bond donors (Lipinski definition) is 0. The smallest absolute Gasteiger partial charge is 0.338 e. The van der Waals surface area contributed by atoms with Crippen molar-refractivity contribution in [2.24, 2.45) is 0 Å². The van der Waals surface area contributed by atoms with Crippen molar-refractivity contribution >= 4 is 38.6 Å². The Morgan fingerprint density at radius 1 is 1.10 bits per heavy atom. The fourth-order valence-electron chi connectivity index (χ4n) is 3.64. The summed E-state index contributed by atoms with van der Waals surface area (Å²) >= 11 is 1.48. The fourth-order valence-corrected chi connectivity index (χ4v) is 4.63. The van der Waals surface area contributed by atoms with Crippen LogP contribution in [0.25, 0.3) is 10.2 Å². The summed E-state index contributed by atoms with van der Waals surface area (Å²) in [5.41, 5.74) is 1.43. The van der Waals surface area contributed by atoms with Crippen LogP contribution < -0.4 is 4.90 Å². The molecule has 1 fully saturated rings. The molecular formula is C23H25N3O4S. The maximum atomic E-state index is 13.6. The summed E-state index contributed by atoms with van der Waals surface area (Å²) < 4.78 is 11.3. The lowest BCUT2D eigenvalue weighted by atomic mass is 10.1. The van der Waals surface area contributed by atoms with Crippen molar-refractivity contribution in [1.29, 1.82) is 0 Å². The van der Waals surface area contributed by atoms with Crippen LogP contribution in [0.4, 0.5) is 5.13 Å². The van der Waals surface area contributed by atoms with Crippen LogP contribution in [-0.4, -0.2) is 68.3 Å². The topological polar surface area (TPSA) is 72.0 Å². The first-order valence-corrected chi connectivity index (χ1v) is 11.1. The van der Waals surface area contributed by atoms with E-state index in [9.17, 15) is 9.59 Å². The molecule has 162 valence electrons. The molecule has 0 saturated carbocycles. The molecule has 1 saturated heterocycles. The molecule has 1 amide bonds. The molecular weight excluding hydrogens is 414 g/mol. The largest absolute Gasteiger partial charge is 0.465 e. The number of carbonyl (C=O) groups is 2. The zero-order chi connectivity index (χ0) is 21.6. The Bertz CT molecular complexity index is 1030. The zero-order valence-corrected chi connectivity index (χ0v) is 18.3. The molecule has 0 N–H and O–H groups in total. The third-order valence-corrected chi connectivity index (χ3v) is 6.34. The van der Waals surface area contributed by atoms with Gasteiger partial charge in [-0.1, -0.05) is 35.6 Å². The van der Waals surface area contributed by atoms with Crippen molar-refractivity contribution in [1.82, 2.24) is 9.88 Å². The minimum absolute atomic E-state index is 0.248. The second-order valence-electron chi connectivity index (χ2n) is 7.27. The van der Waals surface area contributed by atoms with Crippen LogP contribution in [-0.2, 0) is 9.47 Å². The van der Waals surface area contributed by atoms with Crippen molar-refractivity contribution in [3.05, 3.63) is 59.7 Å². The Kier molecular flexibility index (Phi) is 6.91. The number of carbonyl (C=O) groups excluding carboxylic acids is 2. The van der Waals surface area contributed by atoms with E-state index in [0.29, 0.717) is 17.2 Å². The summed E-state index contributed by atoms with van der Waals surface area (Å²) in [7, 11) is 1.32. The molecule has 0 aliphatic carbocycles. The second-order valence-corrected chi connectivity index (χ2v) is 8.27. The molecule has 0 spiro atoms. The normalized spacial score (nSPS) is 14.5. The van der Waals surface area contributed by atoms with Crippen LogP contribution in [0.5, 0.6) is 0 Å². The van der Waals surface area contributed by atoms with Gasteiger partial charge in [-0.15, -0.1) is 0 Å². The third-order valence-electron chi connectivity index (χ3n) is 5.28. The Morgan fingerprint density at radius 3 is 2.55 bits per heavy atom. The summed E-state index contributed by atoms with van der Waals surface area (Å²) in [4.78, 5) is 34.6. The molecule has 0 unspecified atom stereocenters. The summed E-state index contributed by atoms with van der Waals surface area (Å²) in [5, 5.41) is 0.632. The number of para-hydroxylation sites is 1. The fraction of sp³-hybridized carbons (Fsp3) is 0.348. The SMILES string of the molecule is COC(=O)c1ccccc1C(=O)N(CCCN1CCOCC1)c1nc2ccccc2s1. The van der Waals surface area contributed by atoms with Crippen molar-refractivity contribution in [2.45, 2.75) is 6.42 Å². The summed E-state index contributed by atoms with van der Waals surface area (Å²) in [5.74, 6) is -0.774. The van der Waals surface area contributed by atoms with E-state index in [1.807, 2.05) is 24.3 Å². The number of amides is 1. The van der Waals surface area contributed by atoms with Crippen molar-refractivity contribution < 1.29 is 19.1 Å². The Hall–Kier alpha value is -2.81. The number of ether oxygens (including phenoxy) is 2. The second kappa shape index (κ2) is 10.00. The Labute approximate surface area is 185 Å². The number of aromatic nitrogens is 1. The number of methoxy groups -OCH3 is 1. The first-order chi connectivity index (χ1) is 15.2. The van der Waals surface area contributed by atoms with Crippen LogP contribution in [0.1, 0.15) is 27.1 Å². The molecule has 4 rings (SSSR count). The molecule has 2 heterocycles. The molecule has 3 aromatic rings. The molecule has 7 nitrogen and oxygen atoms in total. The first kappa shape index (κ1) is 21.4. The van der Waals surface area contributed by atoms with Gasteiger partial charge in [0.15, 0.2) is 5.13 Å². The van der Waals surface area contributed by atoms with Gasteiger partial charge in [0.1, 0.15) is 0 Å². The van der Waals surface area contributed by atoms with Gasteiger partial charge in [0.2, 0.25) is 0 Å². The van der Waals surface area contributed by atoms with Gasteiger partial charge in [-0.3, -0.25) is 14.6 Å². The van der Waals surface area contributed by atoms with Crippen molar-refractivity contribution in [3.63, 3.8) is 0 Å². The van der Waals surface area contributed by atoms with E-state index in [1.54, 1.807) is 29.2 Å². The number of benzene rings is 2. The van der Waals surface area contributed by atoms with Gasteiger partial charge in [-0.2, -0.15) is 0 Å². The summed E-state index contributed by atoms with van der Waals surface area (Å²) in [6.45, 7) is 4.67. The van der Waals surface area contributed by atoms with E-state index in [2.05, 4.69) is 4.90 Å². The van der Waals surface area contributed by atoms with Gasteiger partial charge >= 0.3 is 5.97 Å². The van der Waals surface area contributed by atoms with Gasteiger partial charge in [0.05, 0.1) is 41.7 Å². The van der Waals surface area contributed by atoms with Crippen LogP contribution in [0.15, 0.2) is 48.5 Å². The van der Waals surface area contributed by atoms with E-state index in [-0.39, 0.29) is 11.5 Å². The molecule has 8 heteroatoms. The first-order valence-electron chi connectivity index (χ1n) is 10.3. The van der Waals surface area contributed by atoms with Crippen LogP contribution in [0.3, 0.4) is 0 Å². The average Bonchev–Trinajstić information content (AvgIpc) is 3.25. The molecule has 31 heavy (non-hydrogen) atoms. The van der Waals surface area contributed by atoms with E-state index < -0.39 is 5.97 Å². The maximum absolute atomic E-state index is 13.6. The van der Waals surface area contributed by atoms with Crippen LogP contribution in [0.2, 0.25) is 0 Å². The van der Waals surface area contributed by atoms with E-state index in [1.165, 1.54) is 18.4 Å². The predicted molar refractivity (Wildman–Crippen MR) is 121 cm³/mol. The number of morpholine rings is 1. The van der Waals surface area contributed by atoms with Crippen molar-refractivity contribution in [3.8, 4) is 0 Å². The minimum atomic E-state index is -0.526. The van der Waals surface area contributed by atoms with Gasteiger partial charge in [-0.05, 0) is 30.7 Å². The number of rotatable bonds is 7. The number of thiazole rings is 1. The average molecular weight is 440 g/mol. The standard InChI is InChI=1S/C23H25N3O4S/c1-29-22(28)18-8-3-2-7-17(18)21(27)26(12-6-11-25-13-15-30-16-14-25)23-24-19-9-4-5-10-20(19)31-23/h2-5,7-10H,6,11-16H2,1H3. The maximum Gasteiger partial charge on any atom is 0.338 e. The lowest BCUT2D eigenvalue weighted by Crippen LogP contribution is -2.39. The lowest BCUT2D eigenvalue weighted by Gasteiger charge is -2.28. The Balaban J connectivity index is 1.61. The van der Waals surface area contributed by atoms with Gasteiger partial charge in [0.25, 0.3) is 5.91 Å². The van der Waals surface area contributed by atoms with Gasteiger partial charge in [0, 0.05) is 26.2 Å². The van der Waals surface area contributed by atoms with Crippen molar-refractivity contribution in [2.75, 3.05) is 51.4 Å². The van der Waals surface area contributed by atoms with Gasteiger partial charge in [-0.25, -0.2) is 9.78 Å². The molecule has 0 radical (unpaired) electrons. The number of anilines is 1. The number of nitrogens with zero attached hydrogens (tertiary/aromatic N) is 3. The summed E-state index contributed by atoms with van der Waals surface area (Å²) in [6.07, 6.45) is 0.794. The molecule has 1 aliphatic rings. The molecule has 1 aromatic heterocycles. The minimum Gasteiger partial charge on any atom is -0.465 e. The highest BCUT2D eigenvalue weighted by Crippen LogP contribution is 2.30. The highest BCUT2D eigenvalue weighted by molar-refractivity contribution is 7.22. The summed E-state index contributed by atoms with van der Waals surface area (Å²) in [6, 6.07) is 14.6. The van der Waals surface area contributed by atoms with Crippen LogP contribution >= 0.6 is 11.3 Å². The number of hydrogen-bond acceptors (Lipinski definition) is 7. The van der Waals surface area contributed by atoms with E-state index in [0.717, 1.165) is 49.5 Å². The van der Waals surface area contributed by atoms with E-state index >= 15 is 0 Å². The zero-order valence-electron chi connectivity index (χ0n) is 17.5. The van der Waals surface area contributed by atoms with Crippen LogP contribution in [0, 0.1) is 0 Å². The Morgan fingerprint density at radius 2 is 1.81 bits per heavy atom. The number of esters is 1. The third kappa shape index (κ3) is 4.92. The monoisotopic (exact) mass is 439 g/mol. The highest BCUT2D eigenvalue weighted by atomic mass is 32.1. The highest BCUT2D eigenvalue weighted by Gasteiger charge is 2.25. The molecule has 0 bridgehead atoms. The predicted octanol–water partition coefficient (Wildman–Crippen LogP) is 3.45. The number of fused-ring (bicyclic) bond motifs is 1. The molecule has 1 aliphatic heterocycles. The molecule has 0 atom stereocenters. The van der Waals surface area contributed by atoms with E-state index in [4.69, 9.17) is 14.5 Å². The van der Waals surface area contributed by atoms with Gasteiger partial charge < -0.3 is 9.47 Å².